The highest BCUT2D eigenvalue weighted by Gasteiger charge is 2.19. The van der Waals surface area contributed by atoms with Crippen LogP contribution in [0, 0.1) is 0 Å². The van der Waals surface area contributed by atoms with Crippen molar-refractivity contribution < 1.29 is 28.6 Å². The smallest absolute Gasteiger partial charge is 0.306 e. The van der Waals surface area contributed by atoms with Crippen molar-refractivity contribution in [3.8, 4) is 0 Å². The first-order chi connectivity index (χ1) is 32.0. The first-order valence-corrected chi connectivity index (χ1v) is 25.7. The van der Waals surface area contributed by atoms with Gasteiger partial charge in [-0.15, -0.1) is 0 Å². The predicted molar refractivity (Wildman–Crippen MR) is 279 cm³/mol. The number of carbonyl (C=O) groups excluding carboxylic acids is 3. The maximum atomic E-state index is 12.8. The Morgan fingerprint density at radius 3 is 1.02 bits per heavy atom. The van der Waals surface area contributed by atoms with Crippen LogP contribution < -0.4 is 0 Å². The molecule has 0 aromatic carbocycles. The van der Waals surface area contributed by atoms with Crippen LogP contribution in [0.1, 0.15) is 201 Å². The van der Waals surface area contributed by atoms with Crippen molar-refractivity contribution in [1.29, 1.82) is 0 Å². The van der Waals surface area contributed by atoms with Gasteiger partial charge in [0.15, 0.2) is 6.10 Å². The summed E-state index contributed by atoms with van der Waals surface area (Å²) in [5.74, 6) is -1.03. The fraction of sp³-hybridized carbons (Fsp3) is 0.576. The van der Waals surface area contributed by atoms with Crippen LogP contribution in [-0.2, 0) is 28.6 Å². The van der Waals surface area contributed by atoms with E-state index in [9.17, 15) is 14.4 Å². The standard InChI is InChI=1S/C59H92O6/c1-4-7-10-13-16-19-22-24-26-28-29-31-32-34-37-40-43-46-49-52-58(61)64-55-56(54-63-57(60)51-48-45-42-39-36-21-18-15-12-9-6-3)65-59(62)53-50-47-44-41-38-35-33-30-27-25-23-20-17-14-11-8-5-2/h7-8,10-11,15-20,24-27,29,31,33-35,37,41,44,56H,4-6,9,12-14,21-23,28,30,32,36,38-40,42-43,45-55H2,1-3H3/b10-7-,11-8-,18-15-,19-16-,20-17-,26-24-,27-25-,31-29-,35-33-,37-34-,44-41-/t56-/m1/s1. The summed E-state index contributed by atoms with van der Waals surface area (Å²) >= 11 is 0. The topological polar surface area (TPSA) is 78.9 Å². The van der Waals surface area contributed by atoms with E-state index in [2.05, 4.69) is 154 Å². The zero-order valence-corrected chi connectivity index (χ0v) is 41.4. The third-order valence-electron chi connectivity index (χ3n) is 10.1. The molecule has 364 valence electrons. The Bertz CT molecular complexity index is 1450. The second-order valence-corrected chi connectivity index (χ2v) is 16.3. The average molecular weight is 897 g/mol. The van der Waals surface area contributed by atoms with Crippen LogP contribution in [0.4, 0.5) is 0 Å². The van der Waals surface area contributed by atoms with Crippen LogP contribution in [0.25, 0.3) is 0 Å². The third-order valence-corrected chi connectivity index (χ3v) is 10.1. The lowest BCUT2D eigenvalue weighted by Gasteiger charge is -2.18. The van der Waals surface area contributed by atoms with Gasteiger partial charge in [-0.05, 0) is 122 Å². The number of rotatable bonds is 44. The molecule has 65 heavy (non-hydrogen) atoms. The van der Waals surface area contributed by atoms with Crippen LogP contribution in [0.15, 0.2) is 134 Å². The maximum absolute atomic E-state index is 12.8. The van der Waals surface area contributed by atoms with E-state index in [1.807, 2.05) is 0 Å². The van der Waals surface area contributed by atoms with Crippen molar-refractivity contribution in [1.82, 2.24) is 0 Å². The van der Waals surface area contributed by atoms with E-state index in [1.54, 1.807) is 0 Å². The molecule has 1 atom stereocenters. The molecular weight excluding hydrogens is 805 g/mol. The van der Waals surface area contributed by atoms with Crippen LogP contribution >= 0.6 is 0 Å². The van der Waals surface area contributed by atoms with Gasteiger partial charge in [0.2, 0.25) is 0 Å². The quantitative estimate of drug-likeness (QED) is 0.0262. The van der Waals surface area contributed by atoms with E-state index in [-0.39, 0.29) is 37.5 Å². The molecule has 0 unspecified atom stereocenters. The maximum Gasteiger partial charge on any atom is 0.306 e. The van der Waals surface area contributed by atoms with Gasteiger partial charge < -0.3 is 14.2 Å². The van der Waals surface area contributed by atoms with E-state index in [4.69, 9.17) is 14.2 Å². The molecule has 0 aromatic heterocycles. The molecule has 0 spiro atoms. The predicted octanol–water partition coefficient (Wildman–Crippen LogP) is 17.1. The number of ether oxygens (including phenoxy) is 3. The monoisotopic (exact) mass is 897 g/mol. The Kier molecular flexibility index (Phi) is 48.6. The first-order valence-electron chi connectivity index (χ1n) is 25.7. The second-order valence-electron chi connectivity index (χ2n) is 16.3. The molecular formula is C59H92O6. The fourth-order valence-electron chi connectivity index (χ4n) is 6.31. The van der Waals surface area contributed by atoms with Gasteiger partial charge in [-0.25, -0.2) is 0 Å². The number of unbranched alkanes of at least 4 members (excludes halogenated alkanes) is 11. The molecule has 0 aliphatic carbocycles. The highest BCUT2D eigenvalue weighted by atomic mass is 16.6. The number of allylic oxidation sites excluding steroid dienone is 22. The number of hydrogen-bond acceptors (Lipinski definition) is 6. The minimum atomic E-state index is -0.829. The summed E-state index contributed by atoms with van der Waals surface area (Å²) in [6.45, 7) is 6.26. The van der Waals surface area contributed by atoms with E-state index < -0.39 is 6.10 Å². The molecule has 0 heterocycles. The van der Waals surface area contributed by atoms with Crippen molar-refractivity contribution in [2.75, 3.05) is 13.2 Å². The first kappa shape index (κ1) is 60.5. The van der Waals surface area contributed by atoms with Crippen LogP contribution in [0.2, 0.25) is 0 Å². The molecule has 0 aliphatic rings. The van der Waals surface area contributed by atoms with Gasteiger partial charge in [0.05, 0.1) is 0 Å². The number of esters is 3. The average Bonchev–Trinajstić information content (AvgIpc) is 3.30. The Morgan fingerprint density at radius 2 is 0.615 bits per heavy atom. The summed E-state index contributed by atoms with van der Waals surface area (Å²) in [7, 11) is 0. The largest absolute Gasteiger partial charge is 0.462 e. The van der Waals surface area contributed by atoms with E-state index >= 15 is 0 Å². The molecule has 6 nitrogen and oxygen atoms in total. The Morgan fingerprint density at radius 1 is 0.323 bits per heavy atom. The Balaban J connectivity index is 4.56. The van der Waals surface area contributed by atoms with Crippen molar-refractivity contribution in [2.24, 2.45) is 0 Å². The van der Waals surface area contributed by atoms with E-state index in [0.717, 1.165) is 128 Å². The molecule has 0 radical (unpaired) electrons. The summed E-state index contributed by atoms with van der Waals surface area (Å²) in [5.41, 5.74) is 0. The molecule has 0 rings (SSSR count). The summed E-state index contributed by atoms with van der Waals surface area (Å²) in [5, 5.41) is 0. The SMILES string of the molecule is CC/C=C\C/C=C\C/C=C\C/C=C\C/C=C\CCCCCC(=O)OC[C@@H](COC(=O)CCCCCCC/C=C\CCCC)OC(=O)CCC/C=C\C/C=C\C/C=C\C/C=C\C/C=C\CC. The lowest BCUT2D eigenvalue weighted by atomic mass is 10.1. The van der Waals surface area contributed by atoms with Gasteiger partial charge in [0.1, 0.15) is 13.2 Å². The van der Waals surface area contributed by atoms with Gasteiger partial charge in [-0.1, -0.05) is 193 Å². The molecule has 0 amide bonds. The summed E-state index contributed by atoms with van der Waals surface area (Å²) < 4.78 is 16.7. The minimum absolute atomic E-state index is 0.121. The van der Waals surface area contributed by atoms with Gasteiger partial charge >= 0.3 is 17.9 Å². The third kappa shape index (κ3) is 50.4. The van der Waals surface area contributed by atoms with Crippen LogP contribution in [0.3, 0.4) is 0 Å². The zero-order valence-electron chi connectivity index (χ0n) is 41.4. The molecule has 0 N–H and O–H groups in total. The minimum Gasteiger partial charge on any atom is -0.462 e. The molecule has 0 saturated heterocycles. The van der Waals surface area contributed by atoms with Crippen molar-refractivity contribution in [3.05, 3.63) is 134 Å². The molecule has 0 aliphatic heterocycles. The Hall–Kier alpha value is -4.45. The van der Waals surface area contributed by atoms with Crippen LogP contribution in [-0.4, -0.2) is 37.2 Å². The fourth-order valence-corrected chi connectivity index (χ4v) is 6.31. The second kappa shape index (κ2) is 52.2. The van der Waals surface area contributed by atoms with Crippen molar-refractivity contribution >= 4 is 17.9 Å². The lowest BCUT2D eigenvalue weighted by Crippen LogP contribution is -2.30. The molecule has 0 aromatic rings. The zero-order chi connectivity index (χ0) is 47.2. The summed E-state index contributed by atoms with van der Waals surface area (Å²) in [6, 6.07) is 0. The summed E-state index contributed by atoms with van der Waals surface area (Å²) in [4.78, 5) is 37.9. The van der Waals surface area contributed by atoms with Crippen molar-refractivity contribution in [3.63, 3.8) is 0 Å². The van der Waals surface area contributed by atoms with Gasteiger partial charge in [0.25, 0.3) is 0 Å². The van der Waals surface area contributed by atoms with Crippen LogP contribution in [0.5, 0.6) is 0 Å². The highest BCUT2D eigenvalue weighted by Crippen LogP contribution is 2.11. The number of hydrogen-bond donors (Lipinski definition) is 0. The summed E-state index contributed by atoms with van der Waals surface area (Å²) in [6.07, 6.45) is 73.0. The Labute approximate surface area is 398 Å². The molecule has 0 saturated carbocycles. The highest BCUT2D eigenvalue weighted by molar-refractivity contribution is 5.71. The number of carbonyl (C=O) groups is 3. The van der Waals surface area contributed by atoms with Gasteiger partial charge in [-0.2, -0.15) is 0 Å². The van der Waals surface area contributed by atoms with Gasteiger partial charge in [-0.3, -0.25) is 14.4 Å². The van der Waals surface area contributed by atoms with E-state index in [0.29, 0.717) is 19.3 Å². The lowest BCUT2D eigenvalue weighted by molar-refractivity contribution is -0.167. The molecule has 0 bridgehead atoms. The van der Waals surface area contributed by atoms with E-state index in [1.165, 1.54) is 25.7 Å². The molecule has 6 heteroatoms. The molecule has 0 fully saturated rings. The van der Waals surface area contributed by atoms with Crippen molar-refractivity contribution in [2.45, 2.75) is 207 Å². The van der Waals surface area contributed by atoms with Gasteiger partial charge in [0, 0.05) is 19.3 Å². The normalized spacial score (nSPS) is 13.2.